The fourth-order valence-electron chi connectivity index (χ4n) is 1.31. The lowest BCUT2D eigenvalue weighted by molar-refractivity contribution is 0.0696. The molecule has 0 saturated heterocycles. The molecular weight excluding hydrogens is 295 g/mol. The van der Waals surface area contributed by atoms with E-state index in [9.17, 15) is 4.79 Å². The standard InChI is InChI=1S/C10H6BrClN2O2/c11-6-4-13-14(5-6)9-2-1-7(12)3-8(9)10(15)16/h1-5H,(H,15,16). The average molecular weight is 302 g/mol. The van der Waals surface area contributed by atoms with E-state index in [1.807, 2.05) is 0 Å². The fraction of sp³-hybridized carbons (Fsp3) is 0. The third-order valence-electron chi connectivity index (χ3n) is 1.99. The van der Waals surface area contributed by atoms with Crippen molar-refractivity contribution in [2.75, 3.05) is 0 Å². The molecule has 1 aromatic carbocycles. The molecule has 2 rings (SSSR count). The molecule has 1 N–H and O–H groups in total. The lowest BCUT2D eigenvalue weighted by Crippen LogP contribution is -2.05. The van der Waals surface area contributed by atoms with E-state index in [1.165, 1.54) is 10.7 Å². The van der Waals surface area contributed by atoms with E-state index in [0.29, 0.717) is 10.7 Å². The molecule has 0 bridgehead atoms. The van der Waals surface area contributed by atoms with E-state index in [2.05, 4.69) is 21.0 Å². The maximum Gasteiger partial charge on any atom is 0.337 e. The average Bonchev–Trinajstić information content (AvgIpc) is 2.64. The molecule has 0 atom stereocenters. The van der Waals surface area contributed by atoms with Crippen LogP contribution < -0.4 is 0 Å². The molecular formula is C10H6BrClN2O2. The Hall–Kier alpha value is -1.33. The highest BCUT2D eigenvalue weighted by molar-refractivity contribution is 9.10. The van der Waals surface area contributed by atoms with Gasteiger partial charge in [-0.3, -0.25) is 0 Å². The molecule has 0 saturated carbocycles. The van der Waals surface area contributed by atoms with Gasteiger partial charge in [0.1, 0.15) is 0 Å². The number of aromatic nitrogens is 2. The van der Waals surface area contributed by atoms with Crippen molar-refractivity contribution in [3.63, 3.8) is 0 Å². The predicted octanol–water partition coefficient (Wildman–Crippen LogP) is 2.99. The van der Waals surface area contributed by atoms with Gasteiger partial charge in [0.25, 0.3) is 0 Å². The number of carboxylic acid groups (broad SMARTS) is 1. The molecule has 0 aliphatic carbocycles. The van der Waals surface area contributed by atoms with Gasteiger partial charge in [0.15, 0.2) is 0 Å². The first kappa shape index (κ1) is 11.2. The number of benzene rings is 1. The molecule has 0 fully saturated rings. The number of halogens is 2. The molecule has 1 heterocycles. The lowest BCUT2D eigenvalue weighted by atomic mass is 10.2. The molecule has 0 radical (unpaired) electrons. The summed E-state index contributed by atoms with van der Waals surface area (Å²) >= 11 is 9.00. The molecule has 1 aromatic heterocycles. The second-order valence-electron chi connectivity index (χ2n) is 3.07. The van der Waals surface area contributed by atoms with Crippen molar-refractivity contribution in [2.45, 2.75) is 0 Å². The number of hydrogen-bond acceptors (Lipinski definition) is 2. The van der Waals surface area contributed by atoms with E-state index in [-0.39, 0.29) is 5.56 Å². The van der Waals surface area contributed by atoms with Gasteiger partial charge in [0.05, 0.1) is 21.9 Å². The Labute approximate surface area is 105 Å². The highest BCUT2D eigenvalue weighted by Crippen LogP contribution is 2.20. The predicted molar refractivity (Wildman–Crippen MR) is 63.2 cm³/mol. The zero-order valence-corrected chi connectivity index (χ0v) is 10.2. The summed E-state index contributed by atoms with van der Waals surface area (Å²) in [7, 11) is 0. The first-order valence-electron chi connectivity index (χ1n) is 4.31. The maximum absolute atomic E-state index is 11.0. The van der Waals surface area contributed by atoms with Crippen molar-refractivity contribution in [1.82, 2.24) is 9.78 Å². The van der Waals surface area contributed by atoms with E-state index in [4.69, 9.17) is 16.7 Å². The van der Waals surface area contributed by atoms with E-state index in [1.54, 1.807) is 24.5 Å². The number of carboxylic acids is 1. The summed E-state index contributed by atoms with van der Waals surface area (Å²) in [4.78, 5) is 11.0. The highest BCUT2D eigenvalue weighted by atomic mass is 79.9. The van der Waals surface area contributed by atoms with E-state index >= 15 is 0 Å². The fourth-order valence-corrected chi connectivity index (χ4v) is 1.77. The number of rotatable bonds is 2. The smallest absolute Gasteiger partial charge is 0.337 e. The summed E-state index contributed by atoms with van der Waals surface area (Å²) in [5, 5.41) is 13.5. The summed E-state index contributed by atoms with van der Waals surface area (Å²) in [6.45, 7) is 0. The van der Waals surface area contributed by atoms with Crippen LogP contribution in [-0.4, -0.2) is 20.9 Å². The van der Waals surface area contributed by atoms with Crippen molar-refractivity contribution in [2.24, 2.45) is 0 Å². The zero-order chi connectivity index (χ0) is 11.7. The first-order valence-corrected chi connectivity index (χ1v) is 5.48. The molecule has 0 amide bonds. The second-order valence-corrected chi connectivity index (χ2v) is 4.42. The van der Waals surface area contributed by atoms with Gasteiger partial charge in [-0.25, -0.2) is 9.48 Å². The zero-order valence-electron chi connectivity index (χ0n) is 7.89. The van der Waals surface area contributed by atoms with Gasteiger partial charge in [-0.05, 0) is 34.1 Å². The van der Waals surface area contributed by atoms with Crippen molar-refractivity contribution >= 4 is 33.5 Å². The number of carbonyl (C=O) groups is 1. The van der Waals surface area contributed by atoms with Gasteiger partial charge in [-0.15, -0.1) is 0 Å². The molecule has 2 aromatic rings. The van der Waals surface area contributed by atoms with Crippen LogP contribution in [0.4, 0.5) is 0 Å². The minimum atomic E-state index is -1.04. The Morgan fingerprint density at radius 3 is 2.81 bits per heavy atom. The topological polar surface area (TPSA) is 55.1 Å². The Bertz CT molecular complexity index is 554. The minimum absolute atomic E-state index is 0.114. The van der Waals surface area contributed by atoms with Gasteiger partial charge in [0.2, 0.25) is 0 Å². The monoisotopic (exact) mass is 300 g/mol. The van der Waals surface area contributed by atoms with Gasteiger partial charge >= 0.3 is 5.97 Å². The van der Waals surface area contributed by atoms with E-state index in [0.717, 1.165) is 4.47 Å². The van der Waals surface area contributed by atoms with Gasteiger partial charge in [0, 0.05) is 11.2 Å². The molecule has 0 unspecified atom stereocenters. The van der Waals surface area contributed by atoms with Crippen molar-refractivity contribution in [1.29, 1.82) is 0 Å². The summed E-state index contributed by atoms with van der Waals surface area (Å²) in [6.07, 6.45) is 3.26. The maximum atomic E-state index is 11.0. The molecule has 0 aliphatic heterocycles. The lowest BCUT2D eigenvalue weighted by Gasteiger charge is -2.05. The number of hydrogen-bond donors (Lipinski definition) is 1. The Kier molecular flexibility index (Phi) is 2.98. The molecule has 0 spiro atoms. The van der Waals surface area contributed by atoms with Crippen LogP contribution in [-0.2, 0) is 0 Å². The third-order valence-corrected chi connectivity index (χ3v) is 2.63. The second kappa shape index (κ2) is 4.27. The first-order chi connectivity index (χ1) is 7.58. The van der Waals surface area contributed by atoms with Crippen molar-refractivity contribution in [3.05, 3.63) is 45.7 Å². The van der Waals surface area contributed by atoms with Crippen LogP contribution in [0.5, 0.6) is 0 Å². The van der Waals surface area contributed by atoms with Crippen LogP contribution in [0.2, 0.25) is 5.02 Å². The summed E-state index contributed by atoms with van der Waals surface area (Å²) in [5.41, 5.74) is 0.589. The van der Waals surface area contributed by atoms with Crippen LogP contribution in [0.1, 0.15) is 10.4 Å². The van der Waals surface area contributed by atoms with Crippen LogP contribution >= 0.6 is 27.5 Å². The molecule has 6 heteroatoms. The molecule has 4 nitrogen and oxygen atoms in total. The number of aromatic carboxylic acids is 1. The normalized spacial score (nSPS) is 10.4. The quantitative estimate of drug-likeness (QED) is 0.927. The largest absolute Gasteiger partial charge is 0.478 e. The summed E-state index contributed by atoms with van der Waals surface area (Å²) in [6, 6.07) is 4.64. The molecule has 82 valence electrons. The SMILES string of the molecule is O=C(O)c1cc(Cl)ccc1-n1cc(Br)cn1. The number of nitrogens with zero attached hydrogens (tertiary/aromatic N) is 2. The summed E-state index contributed by atoms with van der Waals surface area (Å²) < 4.78 is 2.25. The van der Waals surface area contributed by atoms with Crippen molar-refractivity contribution in [3.8, 4) is 5.69 Å². The van der Waals surface area contributed by atoms with Gasteiger partial charge in [-0.1, -0.05) is 11.6 Å². The Balaban J connectivity index is 2.60. The van der Waals surface area contributed by atoms with Crippen LogP contribution in [0, 0.1) is 0 Å². The van der Waals surface area contributed by atoms with Crippen molar-refractivity contribution < 1.29 is 9.90 Å². The van der Waals surface area contributed by atoms with Crippen LogP contribution in [0.15, 0.2) is 35.1 Å². The Morgan fingerprint density at radius 1 is 1.50 bits per heavy atom. The summed E-state index contributed by atoms with van der Waals surface area (Å²) in [5.74, 6) is -1.04. The minimum Gasteiger partial charge on any atom is -0.478 e. The van der Waals surface area contributed by atoms with Gasteiger partial charge < -0.3 is 5.11 Å². The van der Waals surface area contributed by atoms with Gasteiger partial charge in [-0.2, -0.15) is 5.10 Å². The highest BCUT2D eigenvalue weighted by Gasteiger charge is 2.12. The Morgan fingerprint density at radius 2 is 2.25 bits per heavy atom. The van der Waals surface area contributed by atoms with Crippen LogP contribution in [0.3, 0.4) is 0 Å². The molecule has 0 aliphatic rings. The third kappa shape index (κ3) is 2.10. The van der Waals surface area contributed by atoms with E-state index < -0.39 is 5.97 Å². The molecule has 16 heavy (non-hydrogen) atoms. The van der Waals surface area contributed by atoms with Crippen LogP contribution in [0.25, 0.3) is 5.69 Å².